The number of amides is 1. The SMILES string of the molecule is CCCSc1ccc(-c2nn(-c3ccccc3)cc2/C=C(/C#N)C(=O)Nc2ccc(C)cc2)cc1. The van der Waals surface area contributed by atoms with Crippen molar-refractivity contribution >= 4 is 29.4 Å². The van der Waals surface area contributed by atoms with Crippen molar-refractivity contribution in [1.82, 2.24) is 9.78 Å². The number of carbonyl (C=O) groups excluding carboxylic acids is 1. The highest BCUT2D eigenvalue weighted by molar-refractivity contribution is 7.99. The summed E-state index contributed by atoms with van der Waals surface area (Å²) in [5.41, 5.74) is 4.96. The smallest absolute Gasteiger partial charge is 0.266 e. The number of para-hydroxylation sites is 1. The number of rotatable bonds is 8. The van der Waals surface area contributed by atoms with E-state index in [2.05, 4.69) is 30.4 Å². The summed E-state index contributed by atoms with van der Waals surface area (Å²) in [6.07, 6.45) is 4.57. The van der Waals surface area contributed by atoms with E-state index in [4.69, 9.17) is 5.10 Å². The number of nitrogens with zero attached hydrogens (tertiary/aromatic N) is 3. The molecule has 0 atom stereocenters. The number of nitrogens with one attached hydrogen (secondary N) is 1. The highest BCUT2D eigenvalue weighted by Crippen LogP contribution is 2.28. The molecule has 35 heavy (non-hydrogen) atoms. The van der Waals surface area contributed by atoms with E-state index < -0.39 is 5.91 Å². The van der Waals surface area contributed by atoms with Crippen LogP contribution in [0.3, 0.4) is 0 Å². The van der Waals surface area contributed by atoms with Crippen LogP contribution in [0.2, 0.25) is 0 Å². The minimum atomic E-state index is -0.457. The number of hydrogen-bond donors (Lipinski definition) is 1. The second kappa shape index (κ2) is 11.4. The quantitative estimate of drug-likeness (QED) is 0.170. The number of nitriles is 1. The number of benzene rings is 3. The highest BCUT2D eigenvalue weighted by Gasteiger charge is 2.15. The summed E-state index contributed by atoms with van der Waals surface area (Å²) in [6, 6.07) is 27.5. The van der Waals surface area contributed by atoms with Crippen molar-refractivity contribution < 1.29 is 4.79 Å². The molecule has 1 heterocycles. The van der Waals surface area contributed by atoms with E-state index in [0.717, 1.165) is 29.0 Å². The van der Waals surface area contributed by atoms with Crippen LogP contribution >= 0.6 is 11.8 Å². The predicted molar refractivity (Wildman–Crippen MR) is 143 cm³/mol. The number of aromatic nitrogens is 2. The van der Waals surface area contributed by atoms with Crippen LogP contribution in [-0.2, 0) is 4.79 Å². The summed E-state index contributed by atoms with van der Waals surface area (Å²) in [6.45, 7) is 4.14. The minimum Gasteiger partial charge on any atom is -0.321 e. The van der Waals surface area contributed by atoms with Gasteiger partial charge in [-0.05, 0) is 61.6 Å². The van der Waals surface area contributed by atoms with Crippen molar-refractivity contribution in [2.24, 2.45) is 0 Å². The first kappa shape index (κ1) is 24.1. The second-order valence-corrected chi connectivity index (χ2v) is 9.24. The lowest BCUT2D eigenvalue weighted by molar-refractivity contribution is -0.112. The molecule has 0 unspecified atom stereocenters. The van der Waals surface area contributed by atoms with Crippen molar-refractivity contribution in [3.05, 3.63) is 102 Å². The molecule has 6 heteroatoms. The van der Waals surface area contributed by atoms with E-state index in [9.17, 15) is 10.1 Å². The Morgan fingerprint density at radius 2 is 1.77 bits per heavy atom. The highest BCUT2D eigenvalue weighted by atomic mass is 32.2. The number of carbonyl (C=O) groups is 1. The van der Waals surface area contributed by atoms with E-state index >= 15 is 0 Å². The third-order valence-corrected chi connectivity index (χ3v) is 6.56. The average Bonchev–Trinajstić information content (AvgIpc) is 3.32. The molecular formula is C29H26N4OS. The molecule has 0 saturated heterocycles. The lowest BCUT2D eigenvalue weighted by Gasteiger charge is -2.05. The maximum absolute atomic E-state index is 12.9. The Morgan fingerprint density at radius 1 is 1.06 bits per heavy atom. The largest absolute Gasteiger partial charge is 0.321 e. The van der Waals surface area contributed by atoms with Crippen LogP contribution in [0.4, 0.5) is 5.69 Å². The molecule has 0 saturated carbocycles. The summed E-state index contributed by atoms with van der Waals surface area (Å²) in [5, 5.41) is 17.4. The van der Waals surface area contributed by atoms with Crippen LogP contribution in [-0.4, -0.2) is 21.4 Å². The molecule has 0 radical (unpaired) electrons. The normalized spacial score (nSPS) is 11.2. The van der Waals surface area contributed by atoms with Crippen molar-refractivity contribution in [1.29, 1.82) is 5.26 Å². The zero-order valence-corrected chi connectivity index (χ0v) is 20.5. The fourth-order valence-electron chi connectivity index (χ4n) is 3.50. The molecule has 1 amide bonds. The van der Waals surface area contributed by atoms with Crippen LogP contribution in [0.25, 0.3) is 23.0 Å². The molecule has 0 aliphatic carbocycles. The van der Waals surface area contributed by atoms with Gasteiger partial charge in [-0.2, -0.15) is 10.4 Å². The van der Waals surface area contributed by atoms with Gasteiger partial charge in [0.2, 0.25) is 0 Å². The molecule has 1 aromatic heterocycles. The standard InChI is InChI=1S/C29H26N4OS/c1-3-17-35-27-15-11-22(12-16-27)28-24(20-33(32-28)26-7-5-4-6-8-26)18-23(19-30)29(34)31-25-13-9-21(2)10-14-25/h4-16,18,20H,3,17H2,1-2H3,(H,31,34)/b23-18-. The molecule has 174 valence electrons. The van der Waals surface area contributed by atoms with Gasteiger partial charge in [0.05, 0.1) is 11.4 Å². The summed E-state index contributed by atoms with van der Waals surface area (Å²) in [4.78, 5) is 14.1. The molecule has 4 aromatic rings. The number of aryl methyl sites for hydroxylation is 1. The third-order valence-electron chi connectivity index (χ3n) is 5.34. The summed E-state index contributed by atoms with van der Waals surface area (Å²) in [5.74, 6) is 0.610. The number of anilines is 1. The minimum absolute atomic E-state index is 0.00885. The second-order valence-electron chi connectivity index (χ2n) is 8.08. The summed E-state index contributed by atoms with van der Waals surface area (Å²) < 4.78 is 1.77. The molecule has 0 fully saturated rings. The van der Waals surface area contributed by atoms with E-state index in [1.165, 1.54) is 4.90 Å². The van der Waals surface area contributed by atoms with Gasteiger partial charge in [-0.15, -0.1) is 11.8 Å². The topological polar surface area (TPSA) is 70.7 Å². The van der Waals surface area contributed by atoms with Crippen molar-refractivity contribution in [3.63, 3.8) is 0 Å². The summed E-state index contributed by atoms with van der Waals surface area (Å²) in [7, 11) is 0. The first-order valence-corrected chi connectivity index (χ1v) is 12.4. The Kier molecular flexibility index (Phi) is 7.81. The van der Waals surface area contributed by atoms with Gasteiger partial charge in [0.1, 0.15) is 11.6 Å². The summed E-state index contributed by atoms with van der Waals surface area (Å²) >= 11 is 1.82. The molecule has 3 aromatic carbocycles. The van der Waals surface area contributed by atoms with E-state index in [0.29, 0.717) is 16.9 Å². The molecule has 0 aliphatic heterocycles. The third kappa shape index (κ3) is 6.08. The number of thioether (sulfide) groups is 1. The first-order chi connectivity index (χ1) is 17.1. The van der Waals surface area contributed by atoms with Gasteiger partial charge in [-0.1, -0.05) is 55.0 Å². The van der Waals surface area contributed by atoms with Gasteiger partial charge >= 0.3 is 0 Å². The van der Waals surface area contributed by atoms with E-state index in [-0.39, 0.29) is 5.57 Å². The first-order valence-electron chi connectivity index (χ1n) is 11.5. The van der Waals surface area contributed by atoms with Crippen LogP contribution in [0, 0.1) is 18.3 Å². The Balaban J connectivity index is 1.70. The van der Waals surface area contributed by atoms with Gasteiger partial charge < -0.3 is 5.32 Å². The Morgan fingerprint density at radius 3 is 2.43 bits per heavy atom. The Labute approximate surface area is 210 Å². The van der Waals surface area contributed by atoms with Crippen LogP contribution in [0.15, 0.2) is 95.5 Å². The zero-order chi connectivity index (χ0) is 24.6. The number of hydrogen-bond acceptors (Lipinski definition) is 4. The average molecular weight is 479 g/mol. The van der Waals surface area contributed by atoms with Crippen LogP contribution in [0.5, 0.6) is 0 Å². The zero-order valence-electron chi connectivity index (χ0n) is 19.7. The van der Waals surface area contributed by atoms with E-state index in [1.807, 2.05) is 91.6 Å². The van der Waals surface area contributed by atoms with Crippen LogP contribution in [0.1, 0.15) is 24.5 Å². The fourth-order valence-corrected chi connectivity index (χ4v) is 4.27. The molecule has 0 aliphatic rings. The molecule has 1 N–H and O–H groups in total. The van der Waals surface area contributed by atoms with Gasteiger partial charge in [-0.3, -0.25) is 4.79 Å². The predicted octanol–water partition coefficient (Wildman–Crippen LogP) is 6.90. The van der Waals surface area contributed by atoms with Gasteiger partial charge in [0, 0.05) is 27.9 Å². The molecule has 0 spiro atoms. The Bertz CT molecular complexity index is 1370. The fraction of sp³-hybridized carbons (Fsp3) is 0.138. The van der Waals surface area contributed by atoms with Gasteiger partial charge in [0.15, 0.2) is 0 Å². The van der Waals surface area contributed by atoms with Crippen molar-refractivity contribution in [3.8, 4) is 23.0 Å². The van der Waals surface area contributed by atoms with Crippen LogP contribution < -0.4 is 5.32 Å². The van der Waals surface area contributed by atoms with Gasteiger partial charge in [0.25, 0.3) is 5.91 Å². The maximum atomic E-state index is 12.9. The van der Waals surface area contributed by atoms with Gasteiger partial charge in [-0.25, -0.2) is 4.68 Å². The molecule has 5 nitrogen and oxygen atoms in total. The maximum Gasteiger partial charge on any atom is 0.266 e. The Hall–Kier alpha value is -4.08. The molecule has 4 rings (SSSR count). The molecular weight excluding hydrogens is 452 g/mol. The monoisotopic (exact) mass is 478 g/mol. The van der Waals surface area contributed by atoms with Crippen molar-refractivity contribution in [2.45, 2.75) is 25.2 Å². The lowest BCUT2D eigenvalue weighted by atomic mass is 10.1. The van der Waals surface area contributed by atoms with E-state index in [1.54, 1.807) is 10.8 Å². The van der Waals surface area contributed by atoms with Crippen molar-refractivity contribution in [2.75, 3.05) is 11.1 Å². The lowest BCUT2D eigenvalue weighted by Crippen LogP contribution is -2.13. The molecule has 0 bridgehead atoms.